The summed E-state index contributed by atoms with van der Waals surface area (Å²) < 4.78 is 25.1. The van der Waals surface area contributed by atoms with Crippen LogP contribution < -0.4 is 10.0 Å². The molecule has 0 saturated carbocycles. The fraction of sp³-hybridized carbons (Fsp3) is 0.167. The summed E-state index contributed by atoms with van der Waals surface area (Å²) in [6, 6.07) is 8.78. The third kappa shape index (κ3) is 6.66. The summed E-state index contributed by atoms with van der Waals surface area (Å²) in [7, 11) is -3.75. The molecule has 0 aromatic heterocycles. The molecule has 1 amide bonds. The molecule has 0 radical (unpaired) electrons. The Balaban J connectivity index is 2.48. The van der Waals surface area contributed by atoms with E-state index in [9.17, 15) is 18.0 Å². The lowest BCUT2D eigenvalue weighted by Crippen LogP contribution is -2.38. The van der Waals surface area contributed by atoms with Crippen LogP contribution in [0.25, 0.3) is 6.08 Å². The van der Waals surface area contributed by atoms with Crippen LogP contribution >= 0.6 is 0 Å². The molecular formula is C12H14N2O5S. The zero-order valence-corrected chi connectivity index (χ0v) is 11.3. The SMILES string of the molecule is O=C(O)CNC(=O)CNS(=O)(=O)C=Cc1ccccc1. The zero-order chi connectivity index (χ0) is 15.0. The Morgan fingerprint density at radius 3 is 2.40 bits per heavy atom. The molecule has 1 aromatic carbocycles. The minimum absolute atomic E-state index is 0.519. The van der Waals surface area contributed by atoms with Crippen molar-refractivity contribution >= 4 is 28.0 Å². The van der Waals surface area contributed by atoms with Crippen LogP contribution in [0, 0.1) is 0 Å². The quantitative estimate of drug-likeness (QED) is 0.644. The Morgan fingerprint density at radius 1 is 1.15 bits per heavy atom. The second-order valence-corrected chi connectivity index (χ2v) is 5.40. The van der Waals surface area contributed by atoms with Gasteiger partial charge in [0.15, 0.2) is 0 Å². The molecule has 3 N–H and O–H groups in total. The molecule has 0 aliphatic heterocycles. The van der Waals surface area contributed by atoms with Crippen molar-refractivity contribution in [3.63, 3.8) is 0 Å². The fourth-order valence-electron chi connectivity index (χ4n) is 1.18. The van der Waals surface area contributed by atoms with Gasteiger partial charge in [0.2, 0.25) is 15.9 Å². The number of benzene rings is 1. The van der Waals surface area contributed by atoms with E-state index in [1.165, 1.54) is 6.08 Å². The first-order chi connectivity index (χ1) is 9.39. The van der Waals surface area contributed by atoms with Crippen molar-refractivity contribution in [3.8, 4) is 0 Å². The largest absolute Gasteiger partial charge is 0.480 e. The second-order valence-electron chi connectivity index (χ2n) is 3.75. The summed E-state index contributed by atoms with van der Waals surface area (Å²) in [5.74, 6) is -1.92. The van der Waals surface area contributed by atoms with Crippen molar-refractivity contribution in [2.45, 2.75) is 0 Å². The standard InChI is InChI=1S/C12H14N2O5S/c15-11(13-9-12(16)17)8-14-20(18,19)7-6-10-4-2-1-3-5-10/h1-7,14H,8-9H2,(H,13,15)(H,16,17). The lowest BCUT2D eigenvalue weighted by molar-refractivity contribution is -0.137. The molecule has 8 heteroatoms. The molecule has 0 unspecified atom stereocenters. The third-order valence-corrected chi connectivity index (χ3v) is 3.15. The van der Waals surface area contributed by atoms with E-state index in [2.05, 4.69) is 0 Å². The highest BCUT2D eigenvalue weighted by Gasteiger charge is 2.09. The molecule has 7 nitrogen and oxygen atoms in total. The lowest BCUT2D eigenvalue weighted by atomic mass is 10.2. The van der Waals surface area contributed by atoms with E-state index in [0.717, 1.165) is 5.41 Å². The van der Waals surface area contributed by atoms with Gasteiger partial charge >= 0.3 is 5.97 Å². The molecule has 108 valence electrons. The zero-order valence-electron chi connectivity index (χ0n) is 10.4. The highest BCUT2D eigenvalue weighted by molar-refractivity contribution is 7.92. The molecule has 0 bridgehead atoms. The predicted octanol–water partition coefficient (Wildman–Crippen LogP) is -0.222. The first-order valence-corrected chi connectivity index (χ1v) is 7.15. The number of amides is 1. The van der Waals surface area contributed by atoms with Crippen LogP contribution in [0.5, 0.6) is 0 Å². The lowest BCUT2D eigenvalue weighted by Gasteiger charge is -2.03. The topological polar surface area (TPSA) is 113 Å². The van der Waals surface area contributed by atoms with E-state index >= 15 is 0 Å². The molecule has 0 aliphatic rings. The van der Waals surface area contributed by atoms with Gasteiger partial charge in [0.1, 0.15) is 6.54 Å². The van der Waals surface area contributed by atoms with Crippen molar-refractivity contribution in [1.29, 1.82) is 0 Å². The average Bonchev–Trinajstić information content (AvgIpc) is 2.42. The Kier molecular flexibility index (Phi) is 5.88. The molecule has 20 heavy (non-hydrogen) atoms. The van der Waals surface area contributed by atoms with Crippen molar-refractivity contribution in [3.05, 3.63) is 41.3 Å². The Morgan fingerprint density at radius 2 is 1.80 bits per heavy atom. The van der Waals surface area contributed by atoms with Crippen molar-refractivity contribution in [1.82, 2.24) is 10.0 Å². The van der Waals surface area contributed by atoms with E-state index in [-0.39, 0.29) is 0 Å². The van der Waals surface area contributed by atoms with E-state index in [1.807, 2.05) is 10.0 Å². The van der Waals surface area contributed by atoms with E-state index in [4.69, 9.17) is 5.11 Å². The van der Waals surface area contributed by atoms with Crippen LogP contribution in [0.4, 0.5) is 0 Å². The molecule has 0 saturated heterocycles. The Hall–Kier alpha value is -2.19. The maximum atomic E-state index is 11.6. The smallest absolute Gasteiger partial charge is 0.322 e. The highest BCUT2D eigenvalue weighted by Crippen LogP contribution is 2.02. The summed E-state index contributed by atoms with van der Waals surface area (Å²) >= 11 is 0. The van der Waals surface area contributed by atoms with Gasteiger partial charge in [-0.2, -0.15) is 0 Å². The van der Waals surface area contributed by atoms with Crippen molar-refractivity contribution in [2.24, 2.45) is 0 Å². The number of nitrogens with one attached hydrogen (secondary N) is 2. The number of aliphatic carboxylic acids is 1. The van der Waals surface area contributed by atoms with Gasteiger partial charge in [0.25, 0.3) is 0 Å². The molecule has 0 atom stereocenters. The number of carboxylic acid groups (broad SMARTS) is 1. The Labute approximate surface area is 116 Å². The average molecular weight is 298 g/mol. The van der Waals surface area contributed by atoms with Crippen LogP contribution in [-0.4, -0.2) is 38.5 Å². The monoisotopic (exact) mass is 298 g/mol. The summed E-state index contributed by atoms with van der Waals surface area (Å²) in [6.07, 6.45) is 1.39. The van der Waals surface area contributed by atoms with Crippen LogP contribution in [0.15, 0.2) is 35.7 Å². The van der Waals surface area contributed by atoms with E-state index in [0.29, 0.717) is 5.56 Å². The molecular weight excluding hydrogens is 284 g/mol. The van der Waals surface area contributed by atoms with Crippen LogP contribution in [-0.2, 0) is 19.6 Å². The minimum atomic E-state index is -3.75. The molecule has 0 spiro atoms. The van der Waals surface area contributed by atoms with E-state index < -0.39 is 35.0 Å². The summed E-state index contributed by atoms with van der Waals surface area (Å²) in [5, 5.41) is 11.3. The van der Waals surface area contributed by atoms with Crippen LogP contribution in [0.1, 0.15) is 5.56 Å². The molecule has 0 fully saturated rings. The summed E-state index contributed by atoms with van der Waals surface area (Å²) in [4.78, 5) is 21.3. The summed E-state index contributed by atoms with van der Waals surface area (Å²) in [5.41, 5.74) is 0.702. The van der Waals surface area contributed by atoms with Crippen LogP contribution in [0.3, 0.4) is 0 Å². The minimum Gasteiger partial charge on any atom is -0.480 e. The maximum Gasteiger partial charge on any atom is 0.322 e. The number of carbonyl (C=O) groups excluding carboxylic acids is 1. The second kappa shape index (κ2) is 7.41. The van der Waals surface area contributed by atoms with Gasteiger partial charge in [-0.1, -0.05) is 30.3 Å². The van der Waals surface area contributed by atoms with Crippen molar-refractivity contribution in [2.75, 3.05) is 13.1 Å². The molecule has 0 heterocycles. The fourth-order valence-corrected chi connectivity index (χ4v) is 1.95. The first-order valence-electron chi connectivity index (χ1n) is 5.60. The normalized spacial score (nSPS) is 11.4. The van der Waals surface area contributed by atoms with E-state index in [1.54, 1.807) is 30.3 Å². The van der Waals surface area contributed by atoms with Gasteiger partial charge < -0.3 is 10.4 Å². The third-order valence-electron chi connectivity index (χ3n) is 2.11. The Bertz CT molecular complexity index is 596. The van der Waals surface area contributed by atoms with Crippen molar-refractivity contribution < 1.29 is 23.1 Å². The number of hydrogen-bond donors (Lipinski definition) is 3. The predicted molar refractivity (Wildman–Crippen MR) is 73.0 cm³/mol. The number of hydrogen-bond acceptors (Lipinski definition) is 4. The maximum absolute atomic E-state index is 11.6. The molecule has 0 aliphatic carbocycles. The molecule has 1 rings (SSSR count). The van der Waals surface area contributed by atoms with Gasteiger partial charge in [0, 0.05) is 5.41 Å². The number of sulfonamides is 1. The first kappa shape index (κ1) is 15.9. The molecule has 1 aromatic rings. The van der Waals surface area contributed by atoms with Gasteiger partial charge in [-0.05, 0) is 11.6 Å². The summed E-state index contributed by atoms with van der Waals surface area (Å²) in [6.45, 7) is -1.07. The highest BCUT2D eigenvalue weighted by atomic mass is 32.2. The van der Waals surface area contributed by atoms with Gasteiger partial charge in [-0.25, -0.2) is 13.1 Å². The number of carboxylic acids is 1. The number of rotatable bonds is 7. The van der Waals surface area contributed by atoms with Crippen LogP contribution in [0.2, 0.25) is 0 Å². The van der Waals surface area contributed by atoms with Gasteiger partial charge in [-0.3, -0.25) is 9.59 Å². The van der Waals surface area contributed by atoms with Gasteiger partial charge in [0.05, 0.1) is 6.54 Å². The number of carbonyl (C=O) groups is 2. The van der Waals surface area contributed by atoms with Gasteiger partial charge in [-0.15, -0.1) is 0 Å².